The highest BCUT2D eigenvalue weighted by Crippen LogP contribution is 2.33. The topological polar surface area (TPSA) is 28.2 Å². The Balaban J connectivity index is 2.06. The number of hydrogen-bond acceptors (Lipinski definition) is 3. The molecule has 68 valence electrons. The van der Waals surface area contributed by atoms with Gasteiger partial charge in [-0.15, -0.1) is 0 Å². The quantitative estimate of drug-likeness (QED) is 0.647. The van der Waals surface area contributed by atoms with Crippen LogP contribution in [0.5, 0.6) is 0 Å². The summed E-state index contributed by atoms with van der Waals surface area (Å²) < 4.78 is 0. The van der Waals surface area contributed by atoms with Crippen LogP contribution >= 0.6 is 0 Å². The molecule has 0 bridgehead atoms. The first kappa shape index (κ1) is 7.18. The highest BCUT2D eigenvalue weighted by atomic mass is 15.3. The van der Waals surface area contributed by atoms with Gasteiger partial charge in [0.1, 0.15) is 0 Å². The summed E-state index contributed by atoms with van der Waals surface area (Å²) in [4.78, 5) is 6.86. The highest BCUT2D eigenvalue weighted by molar-refractivity contribution is 5.68. The lowest BCUT2D eigenvalue weighted by molar-refractivity contribution is 0.675. The van der Waals surface area contributed by atoms with Crippen molar-refractivity contribution in [3.8, 4) is 0 Å². The van der Waals surface area contributed by atoms with Crippen molar-refractivity contribution in [2.24, 2.45) is 0 Å². The predicted octanol–water partition coefficient (Wildman–Crippen LogP) is 1.48. The van der Waals surface area contributed by atoms with E-state index >= 15 is 0 Å². The van der Waals surface area contributed by atoms with Gasteiger partial charge in [-0.3, -0.25) is 0 Å². The second-order valence-corrected chi connectivity index (χ2v) is 3.74. The first-order chi connectivity index (χ1) is 6.45. The molecule has 0 radical (unpaired) electrons. The number of hydrogen-bond donors (Lipinski definition) is 1. The van der Waals surface area contributed by atoms with Crippen molar-refractivity contribution in [1.82, 2.24) is 4.98 Å². The largest absolute Gasteiger partial charge is 0.380 e. The molecule has 3 rings (SSSR count). The predicted molar refractivity (Wildman–Crippen MR) is 53.1 cm³/mol. The highest BCUT2D eigenvalue weighted by Gasteiger charge is 2.30. The van der Waals surface area contributed by atoms with Gasteiger partial charge in [0.25, 0.3) is 0 Å². The molecule has 1 aromatic heterocycles. The average Bonchev–Trinajstić information content (AvgIpc) is 2.65. The smallest absolute Gasteiger partial charge is 0.152 e. The van der Waals surface area contributed by atoms with Crippen molar-refractivity contribution in [2.75, 3.05) is 23.3 Å². The van der Waals surface area contributed by atoms with Crippen LogP contribution < -0.4 is 10.2 Å². The average molecular weight is 175 g/mol. The number of pyridine rings is 1. The van der Waals surface area contributed by atoms with Crippen LogP contribution in [0.4, 0.5) is 11.5 Å². The molecule has 0 saturated carbocycles. The van der Waals surface area contributed by atoms with Gasteiger partial charge in [0.2, 0.25) is 0 Å². The molecular weight excluding hydrogens is 162 g/mol. The molecule has 0 aromatic carbocycles. The molecule has 1 atom stereocenters. The van der Waals surface area contributed by atoms with Crippen LogP contribution in [-0.2, 0) is 0 Å². The van der Waals surface area contributed by atoms with E-state index in [1.54, 1.807) is 0 Å². The fourth-order valence-corrected chi connectivity index (χ4v) is 2.32. The molecule has 0 unspecified atom stereocenters. The lowest BCUT2D eigenvalue weighted by atomic mass is 10.2. The van der Waals surface area contributed by atoms with Gasteiger partial charge < -0.3 is 10.2 Å². The van der Waals surface area contributed by atoms with Crippen LogP contribution in [0.1, 0.15) is 12.8 Å². The fourth-order valence-electron chi connectivity index (χ4n) is 2.32. The zero-order valence-corrected chi connectivity index (χ0v) is 7.53. The Morgan fingerprint density at radius 1 is 1.54 bits per heavy atom. The molecule has 0 amide bonds. The van der Waals surface area contributed by atoms with E-state index in [1.165, 1.54) is 25.1 Å². The minimum Gasteiger partial charge on any atom is -0.380 e. The second-order valence-electron chi connectivity index (χ2n) is 3.74. The summed E-state index contributed by atoms with van der Waals surface area (Å²) in [7, 11) is 0. The van der Waals surface area contributed by atoms with Crippen molar-refractivity contribution in [2.45, 2.75) is 18.9 Å². The van der Waals surface area contributed by atoms with Crippen molar-refractivity contribution >= 4 is 11.5 Å². The normalized spacial score (nSPS) is 24.9. The lowest BCUT2D eigenvalue weighted by Gasteiger charge is -2.32. The molecule has 13 heavy (non-hydrogen) atoms. The number of nitrogens with zero attached hydrogens (tertiary/aromatic N) is 2. The molecule has 2 aliphatic heterocycles. The SMILES string of the molecule is c1cnc2c(c1)NC[C@H]1CCCN21. The lowest BCUT2D eigenvalue weighted by Crippen LogP contribution is -2.39. The standard InChI is InChI=1S/C10H13N3/c1-4-9-10(11-5-1)13-6-2-3-8(13)7-12-9/h1,4-5,8,12H,2-3,6-7H2/t8-/m1/s1. The van der Waals surface area contributed by atoms with Gasteiger partial charge in [-0.1, -0.05) is 0 Å². The Hall–Kier alpha value is -1.25. The molecule has 2 aliphatic rings. The molecular formula is C10H13N3. The monoisotopic (exact) mass is 175 g/mol. The molecule has 1 aromatic rings. The van der Waals surface area contributed by atoms with Crippen LogP contribution in [0, 0.1) is 0 Å². The molecule has 1 saturated heterocycles. The first-order valence-corrected chi connectivity index (χ1v) is 4.91. The van der Waals surface area contributed by atoms with Gasteiger partial charge in [0.15, 0.2) is 5.82 Å². The Morgan fingerprint density at radius 2 is 2.54 bits per heavy atom. The number of rotatable bonds is 0. The van der Waals surface area contributed by atoms with E-state index in [0.29, 0.717) is 6.04 Å². The van der Waals surface area contributed by atoms with Crippen LogP contribution in [0.3, 0.4) is 0 Å². The van der Waals surface area contributed by atoms with Crippen molar-refractivity contribution in [3.63, 3.8) is 0 Å². The van der Waals surface area contributed by atoms with Crippen LogP contribution in [-0.4, -0.2) is 24.1 Å². The van der Waals surface area contributed by atoms with Gasteiger partial charge in [0, 0.05) is 25.3 Å². The zero-order valence-electron chi connectivity index (χ0n) is 7.53. The maximum Gasteiger partial charge on any atom is 0.152 e. The number of anilines is 2. The molecule has 3 nitrogen and oxygen atoms in total. The molecule has 1 N–H and O–H groups in total. The number of aromatic nitrogens is 1. The zero-order chi connectivity index (χ0) is 8.67. The first-order valence-electron chi connectivity index (χ1n) is 4.91. The summed E-state index contributed by atoms with van der Waals surface area (Å²) in [5.74, 6) is 1.15. The van der Waals surface area contributed by atoms with Gasteiger partial charge in [-0.2, -0.15) is 0 Å². The minimum atomic E-state index is 0.683. The summed E-state index contributed by atoms with van der Waals surface area (Å²) in [5, 5.41) is 3.43. The van der Waals surface area contributed by atoms with Crippen molar-refractivity contribution in [1.29, 1.82) is 0 Å². The maximum absolute atomic E-state index is 4.43. The third-order valence-corrected chi connectivity index (χ3v) is 2.96. The number of fused-ring (bicyclic) bond motifs is 3. The molecule has 3 heteroatoms. The van der Waals surface area contributed by atoms with Crippen molar-refractivity contribution < 1.29 is 0 Å². The van der Waals surface area contributed by atoms with Gasteiger partial charge in [-0.25, -0.2) is 4.98 Å². The van der Waals surface area contributed by atoms with Crippen LogP contribution in [0.2, 0.25) is 0 Å². The Kier molecular flexibility index (Phi) is 1.45. The third-order valence-electron chi connectivity index (χ3n) is 2.96. The summed E-state index contributed by atoms with van der Waals surface area (Å²) >= 11 is 0. The molecule has 3 heterocycles. The van der Waals surface area contributed by atoms with E-state index in [2.05, 4.69) is 21.3 Å². The summed E-state index contributed by atoms with van der Waals surface area (Å²) in [6, 6.07) is 4.78. The molecule has 1 fully saturated rings. The summed E-state index contributed by atoms with van der Waals surface area (Å²) in [6.45, 7) is 2.26. The Labute approximate surface area is 77.8 Å². The Bertz CT molecular complexity index is 324. The molecule has 0 spiro atoms. The van der Waals surface area contributed by atoms with E-state index in [0.717, 1.165) is 12.4 Å². The third kappa shape index (κ3) is 0.996. The molecule has 0 aliphatic carbocycles. The summed E-state index contributed by atoms with van der Waals surface area (Å²) in [5.41, 5.74) is 1.20. The van der Waals surface area contributed by atoms with Gasteiger partial charge in [0.05, 0.1) is 5.69 Å². The van der Waals surface area contributed by atoms with Crippen LogP contribution in [0.15, 0.2) is 18.3 Å². The minimum absolute atomic E-state index is 0.683. The van der Waals surface area contributed by atoms with E-state index in [-0.39, 0.29) is 0 Å². The van der Waals surface area contributed by atoms with E-state index in [9.17, 15) is 0 Å². The second kappa shape index (κ2) is 2.62. The maximum atomic E-state index is 4.43. The van der Waals surface area contributed by atoms with E-state index in [4.69, 9.17) is 0 Å². The van der Waals surface area contributed by atoms with Crippen molar-refractivity contribution in [3.05, 3.63) is 18.3 Å². The van der Waals surface area contributed by atoms with E-state index in [1.807, 2.05) is 12.3 Å². The van der Waals surface area contributed by atoms with Gasteiger partial charge in [-0.05, 0) is 25.0 Å². The van der Waals surface area contributed by atoms with Gasteiger partial charge >= 0.3 is 0 Å². The fraction of sp³-hybridized carbons (Fsp3) is 0.500. The number of nitrogens with one attached hydrogen (secondary N) is 1. The van der Waals surface area contributed by atoms with Crippen LogP contribution in [0.25, 0.3) is 0 Å². The summed E-state index contributed by atoms with van der Waals surface area (Å²) in [6.07, 6.45) is 4.49. The Morgan fingerprint density at radius 3 is 3.54 bits per heavy atom. The van der Waals surface area contributed by atoms with E-state index < -0.39 is 0 Å².